The first-order valence-electron chi connectivity index (χ1n) is 12.0. The zero-order valence-electron chi connectivity index (χ0n) is 21.3. The van der Waals surface area contributed by atoms with E-state index in [0.29, 0.717) is 25.0 Å². The Kier molecular flexibility index (Phi) is 6.51. The standard InChI is InChI=1S/C25H27N5O6S2/c1-15(18-7-5-6-16-10-11-29(13-19(16)18)23(31)36-25(2,3)4)30-20-9-8-17(12-21(20)35-24(30)32)38(33,34)28-22-27-26-14-37-22/h5-9,12,14-15H,10-11,13H2,1-4H3,(H,27,28)/t15-/m1/s1. The molecule has 13 heteroatoms. The van der Waals surface area contributed by atoms with Crippen molar-refractivity contribution in [1.29, 1.82) is 0 Å². The number of fused-ring (bicyclic) bond motifs is 2. The molecule has 0 aliphatic carbocycles. The van der Waals surface area contributed by atoms with E-state index in [2.05, 4.69) is 14.9 Å². The van der Waals surface area contributed by atoms with Gasteiger partial charge in [-0.05, 0) is 62.9 Å². The van der Waals surface area contributed by atoms with Gasteiger partial charge in [-0.25, -0.2) is 18.0 Å². The number of aromatic nitrogens is 3. The average Bonchev–Trinajstić information content (AvgIpc) is 3.47. The number of carbonyl (C=O) groups excluding carboxylic acids is 1. The molecule has 1 aliphatic rings. The van der Waals surface area contributed by atoms with Crippen LogP contribution >= 0.6 is 11.3 Å². The number of hydrogen-bond donors (Lipinski definition) is 1. The van der Waals surface area contributed by atoms with Crippen molar-refractivity contribution in [3.8, 4) is 0 Å². The molecule has 38 heavy (non-hydrogen) atoms. The minimum Gasteiger partial charge on any atom is -0.444 e. The fraction of sp³-hybridized carbons (Fsp3) is 0.360. The Labute approximate surface area is 223 Å². The summed E-state index contributed by atoms with van der Waals surface area (Å²) in [6, 6.07) is 9.72. The normalized spacial score (nSPS) is 14.8. The van der Waals surface area contributed by atoms with Gasteiger partial charge in [-0.2, -0.15) is 0 Å². The average molecular weight is 558 g/mol. The minimum absolute atomic E-state index is 0.0705. The van der Waals surface area contributed by atoms with Gasteiger partial charge in [-0.15, -0.1) is 10.2 Å². The summed E-state index contributed by atoms with van der Waals surface area (Å²) >= 11 is 1.05. The van der Waals surface area contributed by atoms with Crippen molar-refractivity contribution >= 4 is 43.7 Å². The summed E-state index contributed by atoms with van der Waals surface area (Å²) < 4.78 is 40.5. The van der Waals surface area contributed by atoms with E-state index in [9.17, 15) is 18.0 Å². The van der Waals surface area contributed by atoms with Crippen molar-refractivity contribution in [1.82, 2.24) is 19.7 Å². The highest BCUT2D eigenvalue weighted by Gasteiger charge is 2.29. The number of carbonyl (C=O) groups is 1. The molecule has 0 saturated carbocycles. The summed E-state index contributed by atoms with van der Waals surface area (Å²) in [5.74, 6) is -0.614. The predicted octanol–water partition coefficient (Wildman–Crippen LogP) is 4.15. The van der Waals surface area contributed by atoms with Gasteiger partial charge >= 0.3 is 11.8 Å². The van der Waals surface area contributed by atoms with Crippen LogP contribution in [-0.4, -0.2) is 46.3 Å². The molecule has 0 spiro atoms. The van der Waals surface area contributed by atoms with E-state index in [-0.39, 0.29) is 21.7 Å². The highest BCUT2D eigenvalue weighted by atomic mass is 32.2. The molecule has 2 aromatic carbocycles. The van der Waals surface area contributed by atoms with Gasteiger partial charge in [0, 0.05) is 19.2 Å². The maximum Gasteiger partial charge on any atom is 0.420 e. The van der Waals surface area contributed by atoms with Crippen molar-refractivity contribution in [2.45, 2.75) is 57.2 Å². The highest BCUT2D eigenvalue weighted by molar-refractivity contribution is 7.93. The number of ether oxygens (including phenoxy) is 1. The van der Waals surface area contributed by atoms with Gasteiger partial charge in [0.1, 0.15) is 11.1 Å². The van der Waals surface area contributed by atoms with Crippen LogP contribution in [0.5, 0.6) is 0 Å². The Bertz CT molecular complexity index is 1670. The van der Waals surface area contributed by atoms with Crippen molar-refractivity contribution in [2.75, 3.05) is 11.3 Å². The quantitative estimate of drug-likeness (QED) is 0.386. The first-order chi connectivity index (χ1) is 17.9. The van der Waals surface area contributed by atoms with E-state index in [1.54, 1.807) is 11.0 Å². The first kappa shape index (κ1) is 25.9. The van der Waals surface area contributed by atoms with Crippen LogP contribution in [0.25, 0.3) is 11.1 Å². The molecule has 1 aliphatic heterocycles. The first-order valence-corrected chi connectivity index (χ1v) is 14.3. The molecule has 0 saturated heterocycles. The maximum atomic E-state index is 13.0. The third-order valence-corrected chi connectivity index (χ3v) is 8.35. The Morgan fingerprint density at radius 3 is 2.74 bits per heavy atom. The van der Waals surface area contributed by atoms with Crippen LogP contribution in [0.3, 0.4) is 0 Å². The molecule has 1 N–H and O–H groups in total. The lowest BCUT2D eigenvalue weighted by molar-refractivity contribution is 0.0223. The van der Waals surface area contributed by atoms with Gasteiger partial charge < -0.3 is 14.1 Å². The van der Waals surface area contributed by atoms with Crippen molar-refractivity contribution < 1.29 is 22.4 Å². The van der Waals surface area contributed by atoms with Gasteiger partial charge in [0.2, 0.25) is 5.13 Å². The van der Waals surface area contributed by atoms with Crippen LogP contribution in [0.2, 0.25) is 0 Å². The summed E-state index contributed by atoms with van der Waals surface area (Å²) in [6.45, 7) is 8.26. The Morgan fingerprint density at radius 1 is 1.24 bits per heavy atom. The molecule has 3 heterocycles. The molecular weight excluding hydrogens is 530 g/mol. The third kappa shape index (κ3) is 5.03. The van der Waals surface area contributed by atoms with Crippen LogP contribution in [-0.2, 0) is 27.7 Å². The molecule has 1 amide bonds. The van der Waals surface area contributed by atoms with Crippen LogP contribution in [0.4, 0.5) is 9.93 Å². The number of benzene rings is 2. The molecule has 0 radical (unpaired) electrons. The molecule has 11 nitrogen and oxygen atoms in total. The minimum atomic E-state index is -3.95. The van der Waals surface area contributed by atoms with Crippen molar-refractivity contribution in [3.05, 3.63) is 69.1 Å². The number of nitrogens with zero attached hydrogens (tertiary/aromatic N) is 4. The molecule has 0 fully saturated rings. The van der Waals surface area contributed by atoms with E-state index in [1.165, 1.54) is 22.2 Å². The second kappa shape index (κ2) is 9.55. The zero-order valence-corrected chi connectivity index (χ0v) is 22.9. The summed E-state index contributed by atoms with van der Waals surface area (Å²) in [7, 11) is -3.95. The largest absolute Gasteiger partial charge is 0.444 e. The molecule has 200 valence electrons. The van der Waals surface area contributed by atoms with E-state index >= 15 is 0 Å². The second-order valence-electron chi connectivity index (χ2n) is 10.0. The lowest BCUT2D eigenvalue weighted by Crippen LogP contribution is -2.40. The number of sulfonamides is 1. The molecule has 4 aromatic rings. The Balaban J connectivity index is 1.48. The van der Waals surface area contributed by atoms with Gasteiger partial charge in [0.15, 0.2) is 5.58 Å². The number of nitrogens with one attached hydrogen (secondary N) is 1. The van der Waals surface area contributed by atoms with Crippen LogP contribution in [0, 0.1) is 0 Å². The lowest BCUT2D eigenvalue weighted by Gasteiger charge is -2.33. The number of hydrogen-bond acceptors (Lipinski definition) is 9. The topological polar surface area (TPSA) is 137 Å². The van der Waals surface area contributed by atoms with Crippen LogP contribution in [0.15, 0.2) is 56.0 Å². The molecular formula is C25H27N5O6S2. The number of oxazole rings is 1. The van der Waals surface area contributed by atoms with Crippen molar-refractivity contribution in [3.63, 3.8) is 0 Å². The lowest BCUT2D eigenvalue weighted by atomic mass is 9.91. The summed E-state index contributed by atoms with van der Waals surface area (Å²) in [5, 5.41) is 7.46. The number of amides is 1. The smallest absolute Gasteiger partial charge is 0.420 e. The van der Waals surface area contributed by atoms with E-state index < -0.39 is 27.4 Å². The SMILES string of the molecule is C[C@H](c1cccc2c1CN(C(=O)OC(C)(C)C)CC2)n1c(=O)oc2cc(S(=O)(=O)Nc3nncs3)ccc21. The van der Waals surface area contributed by atoms with E-state index in [4.69, 9.17) is 9.15 Å². The monoisotopic (exact) mass is 557 g/mol. The molecule has 0 unspecified atom stereocenters. The number of anilines is 1. The summed E-state index contributed by atoms with van der Waals surface area (Å²) in [5.41, 5.74) is 4.33. The van der Waals surface area contributed by atoms with Crippen molar-refractivity contribution in [2.24, 2.45) is 0 Å². The number of rotatable bonds is 5. The Hall–Kier alpha value is -3.71. The third-order valence-electron chi connectivity index (χ3n) is 6.28. The maximum absolute atomic E-state index is 13.0. The van der Waals surface area contributed by atoms with Gasteiger partial charge in [0.05, 0.1) is 16.5 Å². The van der Waals surface area contributed by atoms with E-state index in [1.807, 2.05) is 45.9 Å². The molecule has 5 rings (SSSR count). The Morgan fingerprint density at radius 2 is 2.03 bits per heavy atom. The van der Waals surface area contributed by atoms with Gasteiger partial charge in [-0.1, -0.05) is 29.5 Å². The second-order valence-corrected chi connectivity index (χ2v) is 12.5. The molecule has 0 bridgehead atoms. The zero-order chi connectivity index (χ0) is 27.2. The van der Waals surface area contributed by atoms with Crippen LogP contribution in [0.1, 0.15) is 50.4 Å². The van der Waals surface area contributed by atoms with Crippen LogP contribution < -0.4 is 10.5 Å². The van der Waals surface area contributed by atoms with Gasteiger partial charge in [0.25, 0.3) is 10.0 Å². The van der Waals surface area contributed by atoms with Gasteiger partial charge in [-0.3, -0.25) is 9.29 Å². The fourth-order valence-corrected chi connectivity index (χ4v) is 6.27. The van der Waals surface area contributed by atoms with E-state index in [0.717, 1.165) is 28.0 Å². The predicted molar refractivity (Wildman–Crippen MR) is 142 cm³/mol. The summed E-state index contributed by atoms with van der Waals surface area (Å²) in [4.78, 5) is 27.3. The molecule has 2 aromatic heterocycles. The summed E-state index contributed by atoms with van der Waals surface area (Å²) in [6.07, 6.45) is 0.284. The molecule has 1 atom stereocenters. The fourth-order valence-electron chi connectivity index (χ4n) is 4.56. The highest BCUT2D eigenvalue weighted by Crippen LogP contribution is 2.31.